The molecular formula is C6H11N3. The minimum Gasteiger partial charge on any atom is -0.322 e. The number of aromatic nitrogens is 2. The molecule has 50 valence electrons. The van der Waals surface area contributed by atoms with E-state index in [-0.39, 0.29) is 0 Å². The molecule has 1 heterocycles. The molecule has 1 aromatic heterocycles. The monoisotopic (exact) mass is 125 g/mol. The van der Waals surface area contributed by atoms with Crippen molar-refractivity contribution in [3.05, 3.63) is 17.7 Å². The molecule has 0 unspecified atom stereocenters. The summed E-state index contributed by atoms with van der Waals surface area (Å²) in [6, 6.07) is 0. The van der Waals surface area contributed by atoms with Crippen LogP contribution in [0.3, 0.4) is 0 Å². The predicted molar refractivity (Wildman–Crippen MR) is 35.9 cm³/mol. The van der Waals surface area contributed by atoms with Crippen LogP contribution in [0.15, 0.2) is 6.20 Å². The molecule has 0 spiro atoms. The highest BCUT2D eigenvalue weighted by molar-refractivity contribution is 4.99. The van der Waals surface area contributed by atoms with Crippen LogP contribution in [0.5, 0.6) is 0 Å². The maximum absolute atomic E-state index is 5.39. The summed E-state index contributed by atoms with van der Waals surface area (Å²) in [5.74, 6) is 0.981. The minimum atomic E-state index is 0.521. The van der Waals surface area contributed by atoms with E-state index in [2.05, 4.69) is 4.98 Å². The molecule has 0 saturated carbocycles. The van der Waals surface area contributed by atoms with Gasteiger partial charge in [0.25, 0.3) is 0 Å². The highest BCUT2D eigenvalue weighted by Gasteiger charge is 1.95. The Balaban J connectivity index is 3.01. The maximum Gasteiger partial charge on any atom is 0.106 e. The lowest BCUT2D eigenvalue weighted by Gasteiger charge is -1.95. The number of aryl methyl sites for hydroxylation is 2. The van der Waals surface area contributed by atoms with E-state index in [1.807, 2.05) is 24.6 Å². The third-order valence-corrected chi connectivity index (χ3v) is 1.29. The summed E-state index contributed by atoms with van der Waals surface area (Å²) in [4.78, 5) is 4.16. The Labute approximate surface area is 54.5 Å². The second-order valence-electron chi connectivity index (χ2n) is 2.08. The van der Waals surface area contributed by atoms with Crippen molar-refractivity contribution in [2.75, 3.05) is 0 Å². The number of hydrogen-bond acceptors (Lipinski definition) is 2. The lowest BCUT2D eigenvalue weighted by atomic mass is 10.6. The Hall–Kier alpha value is -0.830. The third-order valence-electron chi connectivity index (χ3n) is 1.29. The molecule has 2 N–H and O–H groups in total. The number of nitrogens with zero attached hydrogens (tertiary/aromatic N) is 2. The summed E-state index contributed by atoms with van der Waals surface area (Å²) >= 11 is 0. The normalized spacial score (nSPS) is 10.1. The Morgan fingerprint density at radius 3 is 2.56 bits per heavy atom. The molecule has 0 aliphatic carbocycles. The van der Waals surface area contributed by atoms with Gasteiger partial charge in [0.2, 0.25) is 0 Å². The van der Waals surface area contributed by atoms with Crippen molar-refractivity contribution in [2.45, 2.75) is 20.5 Å². The van der Waals surface area contributed by atoms with Crippen molar-refractivity contribution < 1.29 is 0 Å². The van der Waals surface area contributed by atoms with Crippen LogP contribution < -0.4 is 5.73 Å². The van der Waals surface area contributed by atoms with Gasteiger partial charge in [-0.2, -0.15) is 0 Å². The van der Waals surface area contributed by atoms with Crippen molar-refractivity contribution in [2.24, 2.45) is 5.73 Å². The zero-order valence-electron chi connectivity index (χ0n) is 5.76. The first-order valence-electron chi connectivity index (χ1n) is 2.94. The van der Waals surface area contributed by atoms with Crippen LogP contribution in [0, 0.1) is 13.8 Å². The van der Waals surface area contributed by atoms with Gasteiger partial charge in [-0.1, -0.05) is 0 Å². The Kier molecular flexibility index (Phi) is 1.53. The fraction of sp³-hybridized carbons (Fsp3) is 0.500. The zero-order valence-corrected chi connectivity index (χ0v) is 5.76. The van der Waals surface area contributed by atoms with Crippen molar-refractivity contribution in [3.63, 3.8) is 0 Å². The smallest absolute Gasteiger partial charge is 0.106 e. The molecular weight excluding hydrogens is 114 g/mol. The summed E-state index contributed by atoms with van der Waals surface area (Å²) in [5.41, 5.74) is 6.41. The van der Waals surface area contributed by atoms with E-state index in [0.717, 1.165) is 11.5 Å². The van der Waals surface area contributed by atoms with Crippen LogP contribution in [0.25, 0.3) is 0 Å². The summed E-state index contributed by atoms with van der Waals surface area (Å²) in [7, 11) is 0. The second kappa shape index (κ2) is 2.19. The Bertz CT molecular complexity index is 202. The van der Waals surface area contributed by atoms with Gasteiger partial charge in [0.1, 0.15) is 5.82 Å². The molecule has 1 aromatic rings. The fourth-order valence-electron chi connectivity index (χ4n) is 0.852. The second-order valence-corrected chi connectivity index (χ2v) is 2.08. The number of rotatable bonds is 1. The topological polar surface area (TPSA) is 43.8 Å². The molecule has 0 bridgehead atoms. The van der Waals surface area contributed by atoms with Gasteiger partial charge < -0.3 is 10.3 Å². The number of imidazole rings is 1. The van der Waals surface area contributed by atoms with Crippen molar-refractivity contribution in [1.82, 2.24) is 9.55 Å². The first-order valence-corrected chi connectivity index (χ1v) is 2.94. The largest absolute Gasteiger partial charge is 0.322 e. The Morgan fingerprint density at radius 1 is 1.67 bits per heavy atom. The van der Waals surface area contributed by atoms with E-state index >= 15 is 0 Å². The average Bonchev–Trinajstić information content (AvgIpc) is 2.10. The van der Waals surface area contributed by atoms with Crippen molar-refractivity contribution in [3.8, 4) is 0 Å². The SMILES string of the molecule is Cc1cn(CN)c(C)n1. The molecule has 1 rings (SSSR count). The van der Waals surface area contributed by atoms with E-state index in [9.17, 15) is 0 Å². The van der Waals surface area contributed by atoms with E-state index < -0.39 is 0 Å². The van der Waals surface area contributed by atoms with Crippen LogP contribution in [0.4, 0.5) is 0 Å². The fourth-order valence-corrected chi connectivity index (χ4v) is 0.852. The lowest BCUT2D eigenvalue weighted by Crippen LogP contribution is -2.06. The summed E-state index contributed by atoms with van der Waals surface area (Å²) < 4.78 is 1.91. The first kappa shape index (κ1) is 6.29. The molecule has 0 amide bonds. The number of nitrogens with two attached hydrogens (primary N) is 1. The molecule has 0 aliphatic rings. The van der Waals surface area contributed by atoms with E-state index in [1.54, 1.807) is 0 Å². The van der Waals surface area contributed by atoms with Gasteiger partial charge in [0, 0.05) is 6.20 Å². The molecule has 9 heavy (non-hydrogen) atoms. The summed E-state index contributed by atoms with van der Waals surface area (Å²) in [6.45, 7) is 4.42. The van der Waals surface area contributed by atoms with Crippen LogP contribution in [-0.2, 0) is 6.67 Å². The van der Waals surface area contributed by atoms with Crippen LogP contribution in [0.2, 0.25) is 0 Å². The highest BCUT2D eigenvalue weighted by atomic mass is 15.1. The lowest BCUT2D eigenvalue weighted by molar-refractivity contribution is 0.704. The zero-order chi connectivity index (χ0) is 6.85. The van der Waals surface area contributed by atoms with Gasteiger partial charge >= 0.3 is 0 Å². The molecule has 3 heteroatoms. The van der Waals surface area contributed by atoms with Gasteiger partial charge in [0.15, 0.2) is 0 Å². The molecule has 0 atom stereocenters. The third kappa shape index (κ3) is 1.10. The predicted octanol–water partition coefficient (Wildman–Crippen LogP) is 0.416. The van der Waals surface area contributed by atoms with E-state index in [1.165, 1.54) is 0 Å². The quantitative estimate of drug-likeness (QED) is 0.591. The Morgan fingerprint density at radius 2 is 2.33 bits per heavy atom. The first-order chi connectivity index (χ1) is 4.24. The van der Waals surface area contributed by atoms with Gasteiger partial charge in [-0.3, -0.25) is 0 Å². The van der Waals surface area contributed by atoms with Crippen LogP contribution in [-0.4, -0.2) is 9.55 Å². The van der Waals surface area contributed by atoms with Crippen LogP contribution >= 0.6 is 0 Å². The van der Waals surface area contributed by atoms with Gasteiger partial charge in [-0.25, -0.2) is 4.98 Å². The molecule has 3 nitrogen and oxygen atoms in total. The molecule has 0 aromatic carbocycles. The van der Waals surface area contributed by atoms with Crippen molar-refractivity contribution >= 4 is 0 Å². The van der Waals surface area contributed by atoms with Crippen molar-refractivity contribution in [1.29, 1.82) is 0 Å². The molecule has 0 saturated heterocycles. The average molecular weight is 125 g/mol. The van der Waals surface area contributed by atoms with Crippen LogP contribution in [0.1, 0.15) is 11.5 Å². The minimum absolute atomic E-state index is 0.521. The van der Waals surface area contributed by atoms with E-state index in [0.29, 0.717) is 6.67 Å². The molecule has 0 aliphatic heterocycles. The number of hydrogen-bond donors (Lipinski definition) is 1. The maximum atomic E-state index is 5.39. The molecule has 0 radical (unpaired) electrons. The standard InChI is InChI=1S/C6H11N3/c1-5-3-9(4-7)6(2)8-5/h3H,4,7H2,1-2H3. The molecule has 0 fully saturated rings. The summed E-state index contributed by atoms with van der Waals surface area (Å²) in [6.07, 6.45) is 1.94. The highest BCUT2D eigenvalue weighted by Crippen LogP contribution is 1.97. The van der Waals surface area contributed by atoms with E-state index in [4.69, 9.17) is 5.73 Å². The van der Waals surface area contributed by atoms with Gasteiger partial charge in [-0.15, -0.1) is 0 Å². The summed E-state index contributed by atoms with van der Waals surface area (Å²) in [5, 5.41) is 0. The van der Waals surface area contributed by atoms with Gasteiger partial charge in [0.05, 0.1) is 12.4 Å². The van der Waals surface area contributed by atoms with Gasteiger partial charge in [-0.05, 0) is 13.8 Å².